The monoisotopic (exact) mass is 240 g/mol. The summed E-state index contributed by atoms with van der Waals surface area (Å²) in [4.78, 5) is 11.4. The van der Waals surface area contributed by atoms with Gasteiger partial charge in [-0.3, -0.25) is 0 Å². The first-order valence-corrected chi connectivity index (χ1v) is 5.35. The number of nitrogens with zero attached hydrogens (tertiary/aromatic N) is 2. The number of aromatic carboxylic acids is 1. The molecule has 0 spiro atoms. The summed E-state index contributed by atoms with van der Waals surface area (Å²) >= 11 is 0. The van der Waals surface area contributed by atoms with Crippen LogP contribution in [0.4, 0.5) is 0 Å². The Morgan fingerprint density at radius 2 is 1.94 bits per heavy atom. The Morgan fingerprint density at radius 1 is 1.28 bits per heavy atom. The molecule has 90 valence electrons. The molecule has 0 radical (unpaired) electrons. The summed E-state index contributed by atoms with van der Waals surface area (Å²) in [7, 11) is 0. The number of rotatable bonds is 4. The first-order chi connectivity index (χ1) is 8.69. The molecular formula is C14H12N2O2. The molecule has 0 amide bonds. The highest BCUT2D eigenvalue weighted by atomic mass is 16.4. The highest BCUT2D eigenvalue weighted by molar-refractivity contribution is 5.98. The third kappa shape index (κ3) is 1.84. The van der Waals surface area contributed by atoms with Crippen LogP contribution < -0.4 is 0 Å². The highest BCUT2D eigenvalue weighted by Crippen LogP contribution is 2.26. The number of aromatic nitrogens is 2. The molecule has 4 heteroatoms. The Bertz CT molecular complexity index is 612. The lowest BCUT2D eigenvalue weighted by atomic mass is 10.1. The zero-order valence-electron chi connectivity index (χ0n) is 9.71. The van der Waals surface area contributed by atoms with E-state index in [2.05, 4.69) is 18.3 Å². The van der Waals surface area contributed by atoms with Crippen LogP contribution in [0, 0.1) is 0 Å². The summed E-state index contributed by atoms with van der Waals surface area (Å²) in [6.07, 6.45) is 2.92. The van der Waals surface area contributed by atoms with Crippen LogP contribution in [0.5, 0.6) is 0 Å². The molecule has 18 heavy (non-hydrogen) atoms. The second kappa shape index (κ2) is 4.71. The van der Waals surface area contributed by atoms with Crippen LogP contribution in [0.25, 0.3) is 23.5 Å². The molecule has 0 aliphatic carbocycles. The van der Waals surface area contributed by atoms with Gasteiger partial charge < -0.3 is 5.11 Å². The quantitative estimate of drug-likeness (QED) is 0.893. The van der Waals surface area contributed by atoms with Crippen molar-refractivity contribution in [2.24, 2.45) is 0 Å². The fourth-order valence-corrected chi connectivity index (χ4v) is 1.79. The molecule has 0 bridgehead atoms. The van der Waals surface area contributed by atoms with Crippen LogP contribution in [-0.2, 0) is 0 Å². The van der Waals surface area contributed by atoms with E-state index in [1.165, 1.54) is 17.0 Å². The summed E-state index contributed by atoms with van der Waals surface area (Å²) in [5.41, 5.74) is 1.73. The number of carboxylic acids is 1. The fraction of sp³-hybridized carbons (Fsp3) is 0. The van der Waals surface area contributed by atoms with E-state index in [-0.39, 0.29) is 5.56 Å². The third-order valence-corrected chi connectivity index (χ3v) is 2.57. The summed E-state index contributed by atoms with van der Waals surface area (Å²) in [6.45, 7) is 7.22. The van der Waals surface area contributed by atoms with Gasteiger partial charge in [0.25, 0.3) is 0 Å². The van der Waals surface area contributed by atoms with Crippen molar-refractivity contribution < 1.29 is 9.90 Å². The highest BCUT2D eigenvalue weighted by Gasteiger charge is 2.21. The summed E-state index contributed by atoms with van der Waals surface area (Å²) in [5.74, 6) is -1.03. The van der Waals surface area contributed by atoms with E-state index < -0.39 is 5.97 Å². The van der Waals surface area contributed by atoms with Gasteiger partial charge in [-0.05, 0) is 6.08 Å². The van der Waals surface area contributed by atoms with E-state index in [0.29, 0.717) is 11.4 Å². The van der Waals surface area contributed by atoms with E-state index >= 15 is 0 Å². The molecule has 0 saturated heterocycles. The summed E-state index contributed by atoms with van der Waals surface area (Å²) < 4.78 is 1.42. The molecular weight excluding hydrogens is 228 g/mol. The first kappa shape index (κ1) is 11.9. The predicted octanol–water partition coefficient (Wildman–Crippen LogP) is 2.99. The van der Waals surface area contributed by atoms with E-state index in [9.17, 15) is 9.90 Å². The Balaban J connectivity index is 2.75. The lowest BCUT2D eigenvalue weighted by Gasteiger charge is -1.98. The Hall–Kier alpha value is -2.62. The largest absolute Gasteiger partial charge is 0.478 e. The first-order valence-electron chi connectivity index (χ1n) is 5.35. The van der Waals surface area contributed by atoms with Crippen LogP contribution in [-0.4, -0.2) is 20.9 Å². The van der Waals surface area contributed by atoms with E-state index in [1.807, 2.05) is 30.3 Å². The second-order valence-electron chi connectivity index (χ2n) is 3.61. The molecule has 0 aliphatic heterocycles. The third-order valence-electron chi connectivity index (χ3n) is 2.57. The van der Waals surface area contributed by atoms with Gasteiger partial charge in [0, 0.05) is 11.8 Å². The molecule has 4 nitrogen and oxygen atoms in total. The minimum Gasteiger partial charge on any atom is -0.478 e. The van der Waals surface area contributed by atoms with Gasteiger partial charge >= 0.3 is 5.97 Å². The van der Waals surface area contributed by atoms with E-state index in [1.54, 1.807) is 0 Å². The topological polar surface area (TPSA) is 55.1 Å². The van der Waals surface area contributed by atoms with Crippen molar-refractivity contribution in [3.8, 4) is 11.3 Å². The van der Waals surface area contributed by atoms with Crippen molar-refractivity contribution >= 4 is 18.2 Å². The van der Waals surface area contributed by atoms with Gasteiger partial charge in [-0.15, -0.1) is 0 Å². The average Bonchev–Trinajstić information content (AvgIpc) is 2.78. The van der Waals surface area contributed by atoms with Crippen molar-refractivity contribution in [2.75, 3.05) is 0 Å². The number of carbonyl (C=O) groups is 1. The van der Waals surface area contributed by atoms with Crippen molar-refractivity contribution in [3.05, 3.63) is 54.7 Å². The molecule has 2 aromatic rings. The molecule has 0 saturated carbocycles. The number of carboxylic acid groups (broad SMARTS) is 1. The molecule has 0 fully saturated rings. The van der Waals surface area contributed by atoms with Crippen molar-refractivity contribution in [3.63, 3.8) is 0 Å². The standard InChI is InChI=1S/C14H12N2O2/c1-3-11-12(14(17)18)13(15-16(11)4-2)10-8-6-5-7-9-10/h3-9H,1-2H2,(H,17,18). The van der Waals surface area contributed by atoms with Crippen LogP contribution >= 0.6 is 0 Å². The zero-order valence-corrected chi connectivity index (χ0v) is 9.71. The lowest BCUT2D eigenvalue weighted by Crippen LogP contribution is -2.00. The smallest absolute Gasteiger partial charge is 0.340 e. The van der Waals surface area contributed by atoms with Gasteiger partial charge in [0.15, 0.2) is 0 Å². The normalized spacial score (nSPS) is 10.0. The lowest BCUT2D eigenvalue weighted by molar-refractivity contribution is 0.0697. The molecule has 1 aromatic heterocycles. The Kier molecular flexibility index (Phi) is 3.10. The second-order valence-corrected chi connectivity index (χ2v) is 3.61. The minimum absolute atomic E-state index is 0.135. The molecule has 1 aromatic carbocycles. The van der Waals surface area contributed by atoms with Crippen LogP contribution in [0.3, 0.4) is 0 Å². The van der Waals surface area contributed by atoms with Gasteiger partial charge in [0.1, 0.15) is 11.3 Å². The van der Waals surface area contributed by atoms with Gasteiger partial charge in [0.05, 0.1) is 5.69 Å². The molecule has 0 atom stereocenters. The molecule has 0 unspecified atom stereocenters. The van der Waals surface area contributed by atoms with E-state index in [0.717, 1.165) is 5.56 Å². The maximum atomic E-state index is 11.4. The molecule has 1 heterocycles. The minimum atomic E-state index is -1.03. The van der Waals surface area contributed by atoms with Gasteiger partial charge in [-0.25, -0.2) is 9.48 Å². The van der Waals surface area contributed by atoms with Crippen molar-refractivity contribution in [2.45, 2.75) is 0 Å². The molecule has 2 rings (SSSR count). The van der Waals surface area contributed by atoms with Crippen molar-refractivity contribution in [1.29, 1.82) is 0 Å². The number of benzene rings is 1. The maximum absolute atomic E-state index is 11.4. The summed E-state index contributed by atoms with van der Waals surface area (Å²) in [5, 5.41) is 13.5. The average molecular weight is 240 g/mol. The van der Waals surface area contributed by atoms with Gasteiger partial charge in [0.2, 0.25) is 0 Å². The van der Waals surface area contributed by atoms with Gasteiger partial charge in [-0.2, -0.15) is 5.10 Å². The fourth-order valence-electron chi connectivity index (χ4n) is 1.79. The van der Waals surface area contributed by atoms with Crippen LogP contribution in [0.1, 0.15) is 16.1 Å². The Labute approximate surface area is 104 Å². The Morgan fingerprint density at radius 3 is 2.44 bits per heavy atom. The SMILES string of the molecule is C=Cc1c(C(=O)O)c(-c2ccccc2)nn1C=C. The van der Waals surface area contributed by atoms with E-state index in [4.69, 9.17) is 0 Å². The van der Waals surface area contributed by atoms with Crippen LogP contribution in [0.2, 0.25) is 0 Å². The van der Waals surface area contributed by atoms with Crippen LogP contribution in [0.15, 0.2) is 43.5 Å². The number of hydrogen-bond donors (Lipinski definition) is 1. The maximum Gasteiger partial charge on any atom is 0.340 e. The summed E-state index contributed by atoms with van der Waals surface area (Å²) in [6, 6.07) is 9.16. The van der Waals surface area contributed by atoms with Crippen molar-refractivity contribution in [1.82, 2.24) is 9.78 Å². The molecule has 0 aliphatic rings. The zero-order chi connectivity index (χ0) is 13.1. The molecule has 1 N–H and O–H groups in total. The predicted molar refractivity (Wildman–Crippen MR) is 71.1 cm³/mol. The number of hydrogen-bond acceptors (Lipinski definition) is 2. The van der Waals surface area contributed by atoms with Gasteiger partial charge in [-0.1, -0.05) is 43.5 Å².